The van der Waals surface area contributed by atoms with Crippen LogP contribution in [0.4, 0.5) is 0 Å². The number of hydrazone groups is 1. The lowest BCUT2D eigenvalue weighted by atomic mass is 10.2. The van der Waals surface area contributed by atoms with Gasteiger partial charge in [-0.25, -0.2) is 5.43 Å². The molecule has 0 spiro atoms. The lowest BCUT2D eigenvalue weighted by Crippen LogP contribution is -2.26. The standard InChI is InChI=1S/C17H15ClN2O3S/c1-11(24-14-5-3-13(18)4-6-14)17(21)20-19-9-12-2-7-15-16(8-12)23-10-22-15/h2-9,11H,10H2,1H3,(H,20,21)/b19-9-/t11-/m0/s1. The van der Waals surface area contributed by atoms with Crippen LogP contribution in [0.25, 0.3) is 0 Å². The molecule has 0 fully saturated rings. The topological polar surface area (TPSA) is 59.9 Å². The number of benzene rings is 2. The molecule has 5 nitrogen and oxygen atoms in total. The maximum atomic E-state index is 12.1. The second kappa shape index (κ2) is 7.59. The van der Waals surface area contributed by atoms with Crippen molar-refractivity contribution in [3.63, 3.8) is 0 Å². The summed E-state index contributed by atoms with van der Waals surface area (Å²) >= 11 is 7.29. The Balaban J connectivity index is 1.53. The van der Waals surface area contributed by atoms with Crippen LogP contribution in [0.3, 0.4) is 0 Å². The van der Waals surface area contributed by atoms with Gasteiger partial charge in [0.15, 0.2) is 11.5 Å². The van der Waals surface area contributed by atoms with E-state index in [2.05, 4.69) is 10.5 Å². The second-order valence-electron chi connectivity index (χ2n) is 5.06. The van der Waals surface area contributed by atoms with E-state index in [-0.39, 0.29) is 18.0 Å². The fraction of sp³-hybridized carbons (Fsp3) is 0.176. The van der Waals surface area contributed by atoms with Gasteiger partial charge in [0.05, 0.1) is 11.5 Å². The van der Waals surface area contributed by atoms with Gasteiger partial charge in [0.1, 0.15) is 0 Å². The monoisotopic (exact) mass is 362 g/mol. The van der Waals surface area contributed by atoms with E-state index in [4.69, 9.17) is 21.1 Å². The average Bonchev–Trinajstić information content (AvgIpc) is 3.04. The quantitative estimate of drug-likeness (QED) is 0.500. The average molecular weight is 363 g/mol. The molecule has 1 atom stereocenters. The Morgan fingerprint density at radius 3 is 2.79 bits per heavy atom. The first kappa shape index (κ1) is 16.7. The fourth-order valence-corrected chi connectivity index (χ4v) is 3.01. The molecule has 0 aromatic heterocycles. The number of nitrogens with zero attached hydrogens (tertiary/aromatic N) is 1. The first-order valence-corrected chi connectivity index (χ1v) is 8.52. The van der Waals surface area contributed by atoms with Gasteiger partial charge in [0.2, 0.25) is 6.79 Å². The van der Waals surface area contributed by atoms with E-state index in [0.29, 0.717) is 16.5 Å². The number of hydrogen-bond donors (Lipinski definition) is 1. The van der Waals surface area contributed by atoms with Crippen molar-refractivity contribution >= 4 is 35.5 Å². The molecule has 0 saturated heterocycles. The second-order valence-corrected chi connectivity index (χ2v) is 6.91. The van der Waals surface area contributed by atoms with Crippen molar-refractivity contribution in [3.8, 4) is 11.5 Å². The molecule has 0 aliphatic carbocycles. The third kappa shape index (κ3) is 4.21. The van der Waals surface area contributed by atoms with Crippen LogP contribution in [-0.2, 0) is 4.79 Å². The molecule has 1 N–H and O–H groups in total. The predicted octanol–water partition coefficient (Wildman–Crippen LogP) is 3.70. The number of carbonyl (C=O) groups excluding carboxylic acids is 1. The maximum Gasteiger partial charge on any atom is 0.253 e. The van der Waals surface area contributed by atoms with Crippen molar-refractivity contribution in [1.29, 1.82) is 0 Å². The third-order valence-corrected chi connectivity index (χ3v) is 4.64. The summed E-state index contributed by atoms with van der Waals surface area (Å²) in [6.45, 7) is 2.05. The van der Waals surface area contributed by atoms with Crippen LogP contribution in [0.5, 0.6) is 11.5 Å². The van der Waals surface area contributed by atoms with Gasteiger partial charge in [-0.1, -0.05) is 11.6 Å². The zero-order valence-corrected chi connectivity index (χ0v) is 14.4. The SMILES string of the molecule is C[C@H](Sc1ccc(Cl)cc1)C(=O)N/N=C\c1ccc2c(c1)OCO2. The van der Waals surface area contributed by atoms with Crippen LogP contribution < -0.4 is 14.9 Å². The zero-order chi connectivity index (χ0) is 16.9. The summed E-state index contributed by atoms with van der Waals surface area (Å²) in [6, 6.07) is 12.8. The van der Waals surface area contributed by atoms with Gasteiger partial charge in [0, 0.05) is 9.92 Å². The lowest BCUT2D eigenvalue weighted by molar-refractivity contribution is -0.120. The highest BCUT2D eigenvalue weighted by molar-refractivity contribution is 8.00. The van der Waals surface area contributed by atoms with Crippen molar-refractivity contribution in [2.24, 2.45) is 5.10 Å². The van der Waals surface area contributed by atoms with Crippen molar-refractivity contribution < 1.29 is 14.3 Å². The summed E-state index contributed by atoms with van der Waals surface area (Å²) in [5, 5.41) is 4.38. The summed E-state index contributed by atoms with van der Waals surface area (Å²) in [5.41, 5.74) is 3.36. The number of halogens is 1. The molecule has 1 amide bonds. The molecule has 0 unspecified atom stereocenters. The number of ether oxygens (including phenoxy) is 2. The minimum atomic E-state index is -0.278. The van der Waals surface area contributed by atoms with Gasteiger partial charge in [0.25, 0.3) is 5.91 Å². The Labute approximate surface area is 149 Å². The van der Waals surface area contributed by atoms with Crippen LogP contribution >= 0.6 is 23.4 Å². The summed E-state index contributed by atoms with van der Waals surface area (Å²) in [5.74, 6) is 1.22. The molecule has 1 aliphatic rings. The zero-order valence-electron chi connectivity index (χ0n) is 12.9. The smallest absolute Gasteiger partial charge is 0.253 e. The number of rotatable bonds is 5. The summed E-state index contributed by atoms with van der Waals surface area (Å²) in [4.78, 5) is 13.0. The highest BCUT2D eigenvalue weighted by atomic mass is 35.5. The van der Waals surface area contributed by atoms with Gasteiger partial charge in [-0.05, 0) is 55.0 Å². The highest BCUT2D eigenvalue weighted by Gasteiger charge is 2.14. The molecule has 124 valence electrons. The maximum absolute atomic E-state index is 12.1. The largest absolute Gasteiger partial charge is 0.454 e. The molecule has 2 aromatic carbocycles. The first-order chi connectivity index (χ1) is 11.6. The molecule has 2 aromatic rings. The van der Waals surface area contributed by atoms with Crippen LogP contribution in [0.1, 0.15) is 12.5 Å². The molecule has 3 rings (SSSR count). The van der Waals surface area contributed by atoms with E-state index in [1.165, 1.54) is 11.8 Å². The number of hydrogen-bond acceptors (Lipinski definition) is 5. The predicted molar refractivity (Wildman–Crippen MR) is 95.1 cm³/mol. The van der Waals surface area contributed by atoms with Gasteiger partial charge >= 0.3 is 0 Å². The van der Waals surface area contributed by atoms with E-state index in [1.807, 2.05) is 37.3 Å². The van der Waals surface area contributed by atoms with Gasteiger partial charge in [-0.3, -0.25) is 4.79 Å². The first-order valence-electron chi connectivity index (χ1n) is 7.26. The highest BCUT2D eigenvalue weighted by Crippen LogP contribution is 2.32. The minimum Gasteiger partial charge on any atom is -0.454 e. The number of amides is 1. The Hall–Kier alpha value is -2.18. The lowest BCUT2D eigenvalue weighted by Gasteiger charge is -2.09. The molecule has 1 aliphatic heterocycles. The van der Waals surface area contributed by atoms with E-state index in [1.54, 1.807) is 18.3 Å². The summed E-state index contributed by atoms with van der Waals surface area (Å²) in [6.07, 6.45) is 1.57. The number of carbonyl (C=O) groups is 1. The van der Waals surface area contributed by atoms with Crippen LogP contribution in [0.2, 0.25) is 5.02 Å². The van der Waals surface area contributed by atoms with Crippen LogP contribution in [-0.4, -0.2) is 24.2 Å². The number of thioether (sulfide) groups is 1. The molecule has 0 radical (unpaired) electrons. The van der Waals surface area contributed by atoms with Crippen LogP contribution in [0, 0.1) is 0 Å². The molecular weight excluding hydrogens is 348 g/mol. The molecule has 7 heteroatoms. The molecule has 0 bridgehead atoms. The van der Waals surface area contributed by atoms with Crippen molar-refractivity contribution in [3.05, 3.63) is 53.1 Å². The van der Waals surface area contributed by atoms with E-state index >= 15 is 0 Å². The third-order valence-electron chi connectivity index (χ3n) is 3.28. The van der Waals surface area contributed by atoms with E-state index in [9.17, 15) is 4.79 Å². The Morgan fingerprint density at radius 2 is 2.00 bits per heavy atom. The Kier molecular flexibility index (Phi) is 5.27. The van der Waals surface area contributed by atoms with Crippen molar-refractivity contribution in [2.75, 3.05) is 6.79 Å². The fourth-order valence-electron chi connectivity index (χ4n) is 2.03. The summed E-state index contributed by atoms with van der Waals surface area (Å²) in [7, 11) is 0. The van der Waals surface area contributed by atoms with Gasteiger partial charge in [-0.15, -0.1) is 11.8 Å². The van der Waals surface area contributed by atoms with Gasteiger partial charge < -0.3 is 9.47 Å². The Morgan fingerprint density at radius 1 is 1.25 bits per heavy atom. The van der Waals surface area contributed by atoms with Gasteiger partial charge in [-0.2, -0.15) is 5.10 Å². The molecule has 0 saturated carbocycles. The van der Waals surface area contributed by atoms with E-state index in [0.717, 1.165) is 10.5 Å². The normalized spacial score (nSPS) is 13.9. The van der Waals surface area contributed by atoms with Crippen molar-refractivity contribution in [1.82, 2.24) is 5.43 Å². The summed E-state index contributed by atoms with van der Waals surface area (Å²) < 4.78 is 10.5. The molecular formula is C17H15ClN2O3S. The minimum absolute atomic E-state index is 0.174. The van der Waals surface area contributed by atoms with Crippen molar-refractivity contribution in [2.45, 2.75) is 17.1 Å². The number of fused-ring (bicyclic) bond motifs is 1. The molecule has 24 heavy (non-hydrogen) atoms. The molecule has 1 heterocycles. The van der Waals surface area contributed by atoms with Crippen LogP contribution in [0.15, 0.2) is 52.5 Å². The number of nitrogens with one attached hydrogen (secondary N) is 1. The van der Waals surface area contributed by atoms with E-state index < -0.39 is 0 Å². The Bertz CT molecular complexity index is 765.